The maximum Gasteiger partial charge on any atom is 1.00 e. The van der Waals surface area contributed by atoms with Gasteiger partial charge in [0.2, 0.25) is 0 Å². The average molecular weight is 534 g/mol. The van der Waals surface area contributed by atoms with Crippen molar-refractivity contribution in [3.05, 3.63) is 72.1 Å². The number of aromatic nitrogens is 2. The largest absolute Gasteiger partial charge is 1.00 e. The lowest BCUT2D eigenvalue weighted by molar-refractivity contribution is -0.110. The van der Waals surface area contributed by atoms with Crippen molar-refractivity contribution in [3.8, 4) is 11.4 Å². The first-order chi connectivity index (χ1) is 15.6. The van der Waals surface area contributed by atoms with E-state index in [1.54, 1.807) is 12.2 Å². The molecule has 0 spiro atoms. The van der Waals surface area contributed by atoms with E-state index in [9.17, 15) is 4.79 Å². The van der Waals surface area contributed by atoms with Crippen molar-refractivity contribution < 1.29 is 46.3 Å². The lowest BCUT2D eigenvalue weighted by Crippen LogP contribution is -3.00. The van der Waals surface area contributed by atoms with Crippen LogP contribution in [0, 0.1) is 0 Å². The quantitative estimate of drug-likeness (QED) is 0.307. The van der Waals surface area contributed by atoms with Crippen LogP contribution >= 0.6 is 0 Å². The number of hydrogen-bond acceptors (Lipinski definition) is 6. The molecule has 1 saturated heterocycles. The molecule has 1 aromatic heterocycles. The van der Waals surface area contributed by atoms with Crippen LogP contribution in [0.15, 0.2) is 72.1 Å². The number of piperazine rings is 1. The lowest BCUT2D eigenvalue weighted by Gasteiger charge is -2.34. The van der Waals surface area contributed by atoms with Crippen molar-refractivity contribution in [1.29, 1.82) is 0 Å². The zero-order valence-corrected chi connectivity index (χ0v) is 21.3. The van der Waals surface area contributed by atoms with Gasteiger partial charge in [-0.05, 0) is 67.7 Å². The molecule has 7 nitrogen and oxygen atoms in total. The van der Waals surface area contributed by atoms with Crippen molar-refractivity contribution >= 4 is 33.9 Å². The van der Waals surface area contributed by atoms with Crippen LogP contribution in [0.2, 0.25) is 0 Å². The number of imidazole rings is 1. The van der Waals surface area contributed by atoms with Crippen molar-refractivity contribution in [2.75, 3.05) is 48.8 Å². The van der Waals surface area contributed by atoms with Crippen molar-refractivity contribution in [2.24, 2.45) is 0 Å². The van der Waals surface area contributed by atoms with Gasteiger partial charge in [-0.3, -0.25) is 4.79 Å². The third-order valence-electron chi connectivity index (χ3n) is 6.29. The molecule has 2 aromatic carbocycles. The molecule has 0 unspecified atom stereocenters. The normalized spacial score (nSPS) is 16.7. The highest BCUT2D eigenvalue weighted by molar-refractivity contribution is 6.01. The highest BCUT2D eigenvalue weighted by atomic mass is 35.5. The molecular weight excluding hydrogens is 507 g/mol. The summed E-state index contributed by atoms with van der Waals surface area (Å²) in [5.74, 6) is 1.73. The van der Waals surface area contributed by atoms with E-state index < -0.39 is 0 Å². The summed E-state index contributed by atoms with van der Waals surface area (Å²) in [6.45, 7) is 4.26. The van der Waals surface area contributed by atoms with Crippen molar-refractivity contribution in [3.63, 3.8) is 0 Å². The third kappa shape index (κ3) is 5.18. The summed E-state index contributed by atoms with van der Waals surface area (Å²) in [7, 11) is 2.17. The Morgan fingerprint density at radius 1 is 0.857 bits per heavy atom. The number of H-pyrrole nitrogens is 1. The molecule has 0 atom stereocenters. The summed E-state index contributed by atoms with van der Waals surface area (Å²) in [6, 6.07) is 12.7. The molecule has 0 amide bonds. The van der Waals surface area contributed by atoms with Gasteiger partial charge in [0.1, 0.15) is 11.6 Å². The minimum atomic E-state index is 0. The smallest absolute Gasteiger partial charge is 1.00 e. The highest BCUT2D eigenvalue weighted by Gasteiger charge is 2.19. The van der Waals surface area contributed by atoms with Gasteiger partial charge < -0.3 is 62.6 Å². The Morgan fingerprint density at radius 3 is 2.31 bits per heavy atom. The monoisotopic (exact) mass is 532 g/mol. The standard InChI is InChI=1S/C25H24N6O.3ClH/c1-30-10-12-31(13-11-30)18-5-9-21-23(15-18)29-25(27-21)17-4-8-20-22(14-17)28-24(26-20)16-2-6-19(32)7-3-16;;;/h2-9,14-15,26,28H,10-13H2,1H3,(H,27,29);3*1H. The molecule has 0 radical (unpaired) electrons. The van der Waals surface area contributed by atoms with Gasteiger partial charge in [-0.15, -0.1) is 0 Å². The van der Waals surface area contributed by atoms with Crippen LogP contribution in [0.5, 0.6) is 0 Å². The van der Waals surface area contributed by atoms with Crippen LogP contribution in [0.3, 0.4) is 0 Å². The fourth-order valence-electron chi connectivity index (χ4n) is 4.37. The Hall–Kier alpha value is -2.97. The van der Waals surface area contributed by atoms with Gasteiger partial charge >= 0.3 is 4.28 Å². The molecule has 1 fully saturated rings. The Morgan fingerprint density at radius 2 is 1.57 bits per heavy atom. The lowest BCUT2D eigenvalue weighted by atomic mass is 10.1. The van der Waals surface area contributed by atoms with E-state index in [1.165, 1.54) is 5.69 Å². The minimum absolute atomic E-state index is 0. The van der Waals surface area contributed by atoms with E-state index in [-0.39, 0.29) is 47.3 Å². The van der Waals surface area contributed by atoms with E-state index in [0.29, 0.717) is 0 Å². The van der Waals surface area contributed by atoms with Crippen LogP contribution in [0.4, 0.5) is 17.1 Å². The van der Waals surface area contributed by atoms with E-state index in [2.05, 4.69) is 68.9 Å². The number of fused-ring (bicyclic) bond motifs is 2. The molecule has 2 aliphatic heterocycles. The SMILES string of the molecule is CN1CCN(c2ccc3nc(-c4ccc5c(c4)NC(=C4C=CC(=O)C=C4)N5)[nH]c3c2)CC1.[Cl-].[Cl-].[Cl-].[H+].[H+].[H+]. The molecule has 0 saturated carbocycles. The number of likely N-dealkylation sites (N-methyl/N-ethyl adjacent to an activating group) is 1. The summed E-state index contributed by atoms with van der Waals surface area (Å²) in [5, 5.41) is 6.81. The second kappa shape index (κ2) is 10.7. The number of allylic oxidation sites excluding steroid dienone is 5. The fraction of sp³-hybridized carbons (Fsp3) is 0.200. The highest BCUT2D eigenvalue weighted by Crippen LogP contribution is 2.36. The number of carbonyl (C=O) groups excluding carboxylic acids is 1. The Kier molecular flexibility index (Phi) is 8.18. The number of hydrogen-bond donors (Lipinski definition) is 3. The molecule has 3 aliphatic rings. The number of anilines is 3. The van der Waals surface area contributed by atoms with Crippen LogP contribution in [0.25, 0.3) is 22.4 Å². The van der Waals surface area contributed by atoms with E-state index >= 15 is 0 Å². The van der Waals surface area contributed by atoms with E-state index in [1.807, 2.05) is 12.2 Å². The van der Waals surface area contributed by atoms with Crippen LogP contribution in [0.1, 0.15) is 4.28 Å². The summed E-state index contributed by atoms with van der Waals surface area (Å²) in [4.78, 5) is 24.5. The summed E-state index contributed by atoms with van der Waals surface area (Å²) >= 11 is 0. The Balaban J connectivity index is 0.00000228. The molecule has 3 aromatic rings. The van der Waals surface area contributed by atoms with Gasteiger partial charge in [0.25, 0.3) is 0 Å². The van der Waals surface area contributed by atoms with E-state index in [0.717, 1.165) is 71.4 Å². The second-order valence-electron chi connectivity index (χ2n) is 8.49. The van der Waals surface area contributed by atoms with Gasteiger partial charge in [0.05, 0.1) is 22.4 Å². The number of carbonyl (C=O) groups is 1. The first-order valence-electron chi connectivity index (χ1n) is 10.9. The summed E-state index contributed by atoms with van der Waals surface area (Å²) in [5.41, 5.74) is 7.21. The first kappa shape index (κ1) is 26.6. The number of rotatable bonds is 2. The van der Waals surface area contributed by atoms with Gasteiger partial charge in [-0.2, -0.15) is 0 Å². The topological polar surface area (TPSA) is 76.3 Å². The predicted octanol–water partition coefficient (Wildman–Crippen LogP) is -4.92. The number of benzene rings is 2. The molecule has 184 valence electrons. The third-order valence-corrected chi connectivity index (χ3v) is 6.29. The van der Waals surface area contributed by atoms with E-state index in [4.69, 9.17) is 4.98 Å². The number of nitrogens with one attached hydrogen (secondary N) is 3. The van der Waals surface area contributed by atoms with Crippen molar-refractivity contribution in [1.82, 2.24) is 14.9 Å². The first-order valence-corrected chi connectivity index (χ1v) is 10.9. The number of aromatic amines is 1. The zero-order chi connectivity index (χ0) is 21.7. The zero-order valence-electron chi connectivity index (χ0n) is 22.0. The molecule has 3 heterocycles. The molecular formula is C25H27Cl3N6O. The molecule has 3 N–H and O–H groups in total. The number of ketones is 1. The fourth-order valence-corrected chi connectivity index (χ4v) is 4.37. The van der Waals surface area contributed by atoms with Gasteiger partial charge in [-0.1, -0.05) is 0 Å². The average Bonchev–Trinajstić information content (AvgIpc) is 3.43. The molecule has 1 aliphatic carbocycles. The Labute approximate surface area is 227 Å². The van der Waals surface area contributed by atoms with Gasteiger partial charge in [0, 0.05) is 43.0 Å². The van der Waals surface area contributed by atoms with Crippen LogP contribution in [-0.4, -0.2) is 53.9 Å². The van der Waals surface area contributed by atoms with Gasteiger partial charge in [0.15, 0.2) is 5.78 Å². The van der Waals surface area contributed by atoms with Gasteiger partial charge in [-0.25, -0.2) is 4.98 Å². The second-order valence-corrected chi connectivity index (χ2v) is 8.49. The molecule has 6 rings (SSSR count). The molecule has 0 bridgehead atoms. The maximum atomic E-state index is 11.4. The summed E-state index contributed by atoms with van der Waals surface area (Å²) < 4.78 is 0. The molecule has 10 heteroatoms. The molecule has 35 heavy (non-hydrogen) atoms. The summed E-state index contributed by atoms with van der Waals surface area (Å²) in [6.07, 6.45) is 6.79. The minimum Gasteiger partial charge on any atom is -1.00 e. The number of halogens is 3. The Bertz CT molecular complexity index is 1340. The maximum absolute atomic E-state index is 11.4. The van der Waals surface area contributed by atoms with Crippen LogP contribution < -0.4 is 52.8 Å². The van der Waals surface area contributed by atoms with Crippen LogP contribution in [-0.2, 0) is 4.79 Å². The number of nitrogens with zero attached hydrogens (tertiary/aromatic N) is 3. The predicted molar refractivity (Wildman–Crippen MR) is 132 cm³/mol. The van der Waals surface area contributed by atoms with Crippen molar-refractivity contribution in [2.45, 2.75) is 0 Å².